The third kappa shape index (κ3) is 3.20. The number of hydrogen-bond acceptors (Lipinski definition) is 2. The summed E-state index contributed by atoms with van der Waals surface area (Å²) >= 11 is 0. The summed E-state index contributed by atoms with van der Waals surface area (Å²) in [7, 11) is 1.87. The number of rotatable bonds is 3. The maximum absolute atomic E-state index is 13.5. The molecule has 2 N–H and O–H groups in total. The Balaban J connectivity index is 2.73. The number of halogens is 1. The molecule has 0 radical (unpaired) electrons. The van der Waals surface area contributed by atoms with Crippen molar-refractivity contribution in [2.45, 2.75) is 26.8 Å². The van der Waals surface area contributed by atoms with Gasteiger partial charge >= 0.3 is 0 Å². The van der Waals surface area contributed by atoms with Gasteiger partial charge in [0.05, 0.1) is 5.69 Å². The van der Waals surface area contributed by atoms with Gasteiger partial charge in [-0.15, -0.1) is 0 Å². The first-order valence-corrected chi connectivity index (χ1v) is 5.53. The van der Waals surface area contributed by atoms with Gasteiger partial charge in [0.2, 0.25) is 0 Å². The standard InChI is InChI=1S/C13H21FN2/c1-13(2,3)12(15)9-16(4)11-8-6-5-7-10(11)14/h5-8,12H,9,15H2,1-4H3. The van der Waals surface area contributed by atoms with E-state index in [0.29, 0.717) is 12.2 Å². The van der Waals surface area contributed by atoms with Gasteiger partial charge in [-0.25, -0.2) is 4.39 Å². The highest BCUT2D eigenvalue weighted by Crippen LogP contribution is 2.22. The molecule has 0 heterocycles. The monoisotopic (exact) mass is 224 g/mol. The van der Waals surface area contributed by atoms with Gasteiger partial charge in [-0.1, -0.05) is 32.9 Å². The predicted octanol–water partition coefficient (Wildman–Crippen LogP) is 2.64. The maximum atomic E-state index is 13.5. The summed E-state index contributed by atoms with van der Waals surface area (Å²) in [4.78, 5) is 1.87. The van der Waals surface area contributed by atoms with E-state index in [-0.39, 0.29) is 17.3 Å². The van der Waals surface area contributed by atoms with Crippen LogP contribution in [-0.4, -0.2) is 19.6 Å². The third-order valence-electron chi connectivity index (χ3n) is 2.85. The molecule has 0 fully saturated rings. The van der Waals surface area contributed by atoms with Gasteiger partial charge < -0.3 is 10.6 Å². The number of hydrogen-bond donors (Lipinski definition) is 1. The van der Waals surface area contributed by atoms with E-state index < -0.39 is 0 Å². The van der Waals surface area contributed by atoms with Crippen molar-refractivity contribution in [3.63, 3.8) is 0 Å². The van der Waals surface area contributed by atoms with E-state index in [1.807, 2.05) is 18.0 Å². The zero-order chi connectivity index (χ0) is 12.3. The van der Waals surface area contributed by atoms with Crippen molar-refractivity contribution < 1.29 is 4.39 Å². The molecule has 1 aromatic carbocycles. The van der Waals surface area contributed by atoms with Crippen molar-refractivity contribution in [1.82, 2.24) is 0 Å². The van der Waals surface area contributed by atoms with Crippen LogP contribution in [0.5, 0.6) is 0 Å². The van der Waals surface area contributed by atoms with Crippen molar-refractivity contribution in [1.29, 1.82) is 0 Å². The fourth-order valence-corrected chi connectivity index (χ4v) is 1.43. The van der Waals surface area contributed by atoms with Gasteiger partial charge in [0.15, 0.2) is 0 Å². The van der Waals surface area contributed by atoms with Crippen LogP contribution in [0.4, 0.5) is 10.1 Å². The van der Waals surface area contributed by atoms with Crippen LogP contribution in [0.3, 0.4) is 0 Å². The van der Waals surface area contributed by atoms with Crippen molar-refractivity contribution in [3.8, 4) is 0 Å². The zero-order valence-corrected chi connectivity index (χ0v) is 10.5. The van der Waals surface area contributed by atoms with Gasteiger partial charge in [0.1, 0.15) is 5.82 Å². The maximum Gasteiger partial charge on any atom is 0.146 e. The van der Waals surface area contributed by atoms with E-state index in [1.54, 1.807) is 12.1 Å². The van der Waals surface area contributed by atoms with Gasteiger partial charge in [0.25, 0.3) is 0 Å². The molecule has 0 bridgehead atoms. The van der Waals surface area contributed by atoms with Crippen molar-refractivity contribution in [3.05, 3.63) is 30.1 Å². The highest BCUT2D eigenvalue weighted by molar-refractivity contribution is 5.46. The van der Waals surface area contributed by atoms with Crippen LogP contribution in [0, 0.1) is 11.2 Å². The lowest BCUT2D eigenvalue weighted by atomic mass is 9.87. The van der Waals surface area contributed by atoms with Crippen molar-refractivity contribution in [2.75, 3.05) is 18.5 Å². The minimum atomic E-state index is -0.203. The fraction of sp³-hybridized carbons (Fsp3) is 0.538. The highest BCUT2D eigenvalue weighted by atomic mass is 19.1. The molecule has 1 unspecified atom stereocenters. The first-order chi connectivity index (χ1) is 7.32. The predicted molar refractivity (Wildman–Crippen MR) is 67.1 cm³/mol. The SMILES string of the molecule is CN(CC(N)C(C)(C)C)c1ccccc1F. The Bertz CT molecular complexity index is 344. The second kappa shape index (κ2) is 4.83. The number of nitrogens with zero attached hydrogens (tertiary/aromatic N) is 1. The largest absolute Gasteiger partial charge is 0.371 e. The van der Waals surface area contributed by atoms with Gasteiger partial charge in [-0.05, 0) is 17.5 Å². The Morgan fingerprint density at radius 2 is 1.88 bits per heavy atom. The normalized spacial score (nSPS) is 13.6. The first-order valence-electron chi connectivity index (χ1n) is 5.53. The quantitative estimate of drug-likeness (QED) is 0.855. The van der Waals surface area contributed by atoms with Crippen LogP contribution in [0.25, 0.3) is 0 Å². The second-order valence-electron chi connectivity index (χ2n) is 5.30. The molecule has 0 aliphatic rings. The number of benzene rings is 1. The first kappa shape index (κ1) is 13.0. The number of anilines is 1. The van der Waals surface area contributed by atoms with E-state index in [9.17, 15) is 4.39 Å². The summed E-state index contributed by atoms with van der Waals surface area (Å²) < 4.78 is 13.5. The molecule has 1 rings (SSSR count). The molecule has 0 spiro atoms. The van der Waals surface area contributed by atoms with E-state index in [2.05, 4.69) is 20.8 Å². The summed E-state index contributed by atoms with van der Waals surface area (Å²) in [6.07, 6.45) is 0. The van der Waals surface area contributed by atoms with Crippen LogP contribution >= 0.6 is 0 Å². The Hall–Kier alpha value is -1.09. The number of para-hydroxylation sites is 1. The smallest absolute Gasteiger partial charge is 0.146 e. The molecule has 0 amide bonds. The molecule has 3 heteroatoms. The molecule has 0 saturated heterocycles. The second-order valence-corrected chi connectivity index (χ2v) is 5.30. The van der Waals surface area contributed by atoms with Crippen molar-refractivity contribution in [2.24, 2.45) is 11.1 Å². The molecule has 0 saturated carbocycles. The topological polar surface area (TPSA) is 29.3 Å². The fourth-order valence-electron chi connectivity index (χ4n) is 1.43. The minimum absolute atomic E-state index is 0.0112. The van der Waals surface area contributed by atoms with Gasteiger partial charge in [-0.2, -0.15) is 0 Å². The van der Waals surface area contributed by atoms with Gasteiger partial charge in [-0.3, -0.25) is 0 Å². The lowest BCUT2D eigenvalue weighted by molar-refractivity contribution is 0.323. The van der Waals surface area contributed by atoms with E-state index >= 15 is 0 Å². The van der Waals surface area contributed by atoms with Gasteiger partial charge in [0, 0.05) is 19.6 Å². The van der Waals surface area contributed by atoms with Crippen LogP contribution in [0.15, 0.2) is 24.3 Å². The summed E-state index contributed by atoms with van der Waals surface area (Å²) in [5.74, 6) is -0.203. The zero-order valence-electron chi connectivity index (χ0n) is 10.5. The van der Waals surface area contributed by atoms with Crippen molar-refractivity contribution >= 4 is 5.69 Å². The molecule has 0 aliphatic heterocycles. The number of likely N-dealkylation sites (N-methyl/N-ethyl adjacent to an activating group) is 1. The summed E-state index contributed by atoms with van der Waals surface area (Å²) in [5, 5.41) is 0. The Morgan fingerprint density at radius 1 is 1.31 bits per heavy atom. The number of nitrogens with two attached hydrogens (primary N) is 1. The molecule has 0 aromatic heterocycles. The van der Waals surface area contributed by atoms with Crippen LogP contribution in [0.2, 0.25) is 0 Å². The molecule has 0 aliphatic carbocycles. The lowest BCUT2D eigenvalue weighted by Crippen LogP contribution is -2.44. The molecular formula is C13H21FN2. The molecule has 1 atom stereocenters. The summed E-state index contributed by atoms with van der Waals surface area (Å²) in [6, 6.07) is 6.77. The summed E-state index contributed by atoms with van der Waals surface area (Å²) in [5.41, 5.74) is 6.70. The third-order valence-corrected chi connectivity index (χ3v) is 2.85. The average Bonchev–Trinajstić information content (AvgIpc) is 2.16. The average molecular weight is 224 g/mol. The molecule has 2 nitrogen and oxygen atoms in total. The van der Waals surface area contributed by atoms with E-state index in [0.717, 1.165) is 0 Å². The molecular weight excluding hydrogens is 203 g/mol. The van der Waals surface area contributed by atoms with Crippen LogP contribution in [0.1, 0.15) is 20.8 Å². The molecule has 16 heavy (non-hydrogen) atoms. The molecule has 1 aromatic rings. The highest BCUT2D eigenvalue weighted by Gasteiger charge is 2.22. The van der Waals surface area contributed by atoms with Crippen LogP contribution in [-0.2, 0) is 0 Å². The minimum Gasteiger partial charge on any atom is -0.371 e. The Morgan fingerprint density at radius 3 is 2.38 bits per heavy atom. The Labute approximate surface area is 97.3 Å². The van der Waals surface area contributed by atoms with Crippen LogP contribution < -0.4 is 10.6 Å². The summed E-state index contributed by atoms with van der Waals surface area (Å²) in [6.45, 7) is 6.91. The molecule has 90 valence electrons. The van der Waals surface area contributed by atoms with E-state index in [4.69, 9.17) is 5.73 Å². The lowest BCUT2D eigenvalue weighted by Gasteiger charge is -2.32. The Kier molecular flexibility index (Phi) is 3.92. The van der Waals surface area contributed by atoms with E-state index in [1.165, 1.54) is 6.07 Å².